The second-order valence-electron chi connectivity index (χ2n) is 5.30. The Bertz CT molecular complexity index is 255. The third-order valence-corrected chi connectivity index (χ3v) is 4.13. The van der Waals surface area contributed by atoms with Crippen LogP contribution in [0, 0.1) is 5.92 Å². The van der Waals surface area contributed by atoms with Gasteiger partial charge in [0.15, 0.2) is 0 Å². The Kier molecular flexibility index (Phi) is 4.40. The fourth-order valence-corrected chi connectivity index (χ4v) is 2.86. The van der Waals surface area contributed by atoms with Crippen molar-refractivity contribution in [2.45, 2.75) is 50.7 Å². The first kappa shape index (κ1) is 12.8. The molecule has 1 saturated carbocycles. The van der Waals surface area contributed by atoms with Crippen molar-refractivity contribution >= 4 is 5.91 Å². The second-order valence-corrected chi connectivity index (χ2v) is 5.30. The summed E-state index contributed by atoms with van der Waals surface area (Å²) < 4.78 is 5.29. The normalized spacial score (nSPS) is 31.2. The van der Waals surface area contributed by atoms with Gasteiger partial charge in [-0.25, -0.2) is 0 Å². The zero-order valence-electron chi connectivity index (χ0n) is 10.6. The average molecular weight is 241 g/mol. The summed E-state index contributed by atoms with van der Waals surface area (Å²) in [5, 5.41) is 9.48. The molecule has 1 aliphatic heterocycles. The molecule has 1 aliphatic carbocycles. The average Bonchev–Trinajstić information content (AvgIpc) is 2.39. The van der Waals surface area contributed by atoms with Gasteiger partial charge in [-0.15, -0.1) is 0 Å². The predicted octanol–water partition coefficient (Wildman–Crippen LogP) is 1.17. The summed E-state index contributed by atoms with van der Waals surface area (Å²) in [5.74, 6) is 0.426. The van der Waals surface area contributed by atoms with E-state index in [1.165, 1.54) is 0 Å². The number of aliphatic hydroxyl groups excluding tert-OH is 1. The number of hydrogen-bond acceptors (Lipinski definition) is 3. The molecule has 1 amide bonds. The van der Waals surface area contributed by atoms with Gasteiger partial charge in [-0.1, -0.05) is 0 Å². The molecule has 0 bridgehead atoms. The molecule has 0 radical (unpaired) electrons. The summed E-state index contributed by atoms with van der Waals surface area (Å²) in [7, 11) is 1.92. The summed E-state index contributed by atoms with van der Waals surface area (Å²) in [6, 6.07) is 0.328. The molecule has 0 atom stereocenters. The number of hydrogen-bond donors (Lipinski definition) is 1. The summed E-state index contributed by atoms with van der Waals surface area (Å²) in [6.07, 6.45) is 5.10. The predicted molar refractivity (Wildman–Crippen MR) is 64.6 cm³/mol. The van der Waals surface area contributed by atoms with Crippen molar-refractivity contribution < 1.29 is 14.6 Å². The minimum absolute atomic E-state index is 0.153. The van der Waals surface area contributed by atoms with Crippen LogP contribution in [0.25, 0.3) is 0 Å². The van der Waals surface area contributed by atoms with E-state index in [0.717, 1.165) is 38.5 Å². The van der Waals surface area contributed by atoms with Crippen LogP contribution in [0.5, 0.6) is 0 Å². The maximum absolute atomic E-state index is 12.3. The lowest BCUT2D eigenvalue weighted by Gasteiger charge is -2.35. The molecular formula is C13H23NO3. The van der Waals surface area contributed by atoms with Crippen molar-refractivity contribution in [1.82, 2.24) is 4.90 Å². The number of nitrogens with zero attached hydrogens (tertiary/aromatic N) is 1. The fourth-order valence-electron chi connectivity index (χ4n) is 2.86. The maximum Gasteiger partial charge on any atom is 0.225 e. The van der Waals surface area contributed by atoms with E-state index in [2.05, 4.69) is 0 Å². The molecule has 1 N–H and O–H groups in total. The highest BCUT2D eigenvalue weighted by Crippen LogP contribution is 2.25. The van der Waals surface area contributed by atoms with E-state index < -0.39 is 0 Å². The highest BCUT2D eigenvalue weighted by atomic mass is 16.5. The highest BCUT2D eigenvalue weighted by Gasteiger charge is 2.30. The quantitative estimate of drug-likeness (QED) is 0.789. The Hall–Kier alpha value is -0.610. The first-order valence-corrected chi connectivity index (χ1v) is 6.71. The lowest BCUT2D eigenvalue weighted by Crippen LogP contribution is -2.44. The minimum atomic E-state index is -0.155. The molecule has 4 heteroatoms. The van der Waals surface area contributed by atoms with E-state index in [1.807, 2.05) is 11.9 Å². The number of carbonyl (C=O) groups is 1. The van der Waals surface area contributed by atoms with Crippen LogP contribution in [-0.2, 0) is 9.53 Å². The van der Waals surface area contributed by atoms with Gasteiger partial charge in [0, 0.05) is 32.2 Å². The number of rotatable bonds is 2. The summed E-state index contributed by atoms with van der Waals surface area (Å²) >= 11 is 0. The Morgan fingerprint density at radius 1 is 1.12 bits per heavy atom. The molecule has 2 fully saturated rings. The molecule has 1 heterocycles. The SMILES string of the molecule is CN(C(=O)C1CCOCC1)C1CCC(O)CC1. The molecule has 17 heavy (non-hydrogen) atoms. The van der Waals surface area contributed by atoms with Crippen LogP contribution in [-0.4, -0.2) is 48.3 Å². The maximum atomic E-state index is 12.3. The molecule has 98 valence electrons. The van der Waals surface area contributed by atoms with Crippen molar-refractivity contribution in [2.75, 3.05) is 20.3 Å². The monoisotopic (exact) mass is 241 g/mol. The number of amides is 1. The van der Waals surface area contributed by atoms with Gasteiger partial charge < -0.3 is 14.7 Å². The van der Waals surface area contributed by atoms with Crippen LogP contribution in [0.2, 0.25) is 0 Å². The zero-order chi connectivity index (χ0) is 12.3. The molecule has 0 aromatic rings. The zero-order valence-corrected chi connectivity index (χ0v) is 10.6. The Morgan fingerprint density at radius 3 is 2.29 bits per heavy atom. The molecule has 0 unspecified atom stereocenters. The van der Waals surface area contributed by atoms with E-state index in [9.17, 15) is 9.90 Å². The number of aliphatic hydroxyl groups is 1. The summed E-state index contributed by atoms with van der Waals surface area (Å²) in [6.45, 7) is 1.43. The first-order valence-electron chi connectivity index (χ1n) is 6.71. The summed E-state index contributed by atoms with van der Waals surface area (Å²) in [4.78, 5) is 14.2. The van der Waals surface area contributed by atoms with Gasteiger partial charge in [0.2, 0.25) is 5.91 Å². The molecule has 0 aromatic carbocycles. The first-order chi connectivity index (χ1) is 8.18. The smallest absolute Gasteiger partial charge is 0.225 e. The molecule has 2 rings (SSSR count). The van der Waals surface area contributed by atoms with Gasteiger partial charge in [-0.05, 0) is 38.5 Å². The molecular weight excluding hydrogens is 218 g/mol. The topological polar surface area (TPSA) is 49.8 Å². The van der Waals surface area contributed by atoms with Crippen LogP contribution in [0.15, 0.2) is 0 Å². The lowest BCUT2D eigenvalue weighted by atomic mass is 9.90. The van der Waals surface area contributed by atoms with Gasteiger partial charge in [0.25, 0.3) is 0 Å². The third kappa shape index (κ3) is 3.19. The van der Waals surface area contributed by atoms with E-state index >= 15 is 0 Å². The largest absolute Gasteiger partial charge is 0.393 e. The van der Waals surface area contributed by atoms with Crippen LogP contribution in [0.4, 0.5) is 0 Å². The standard InChI is InChI=1S/C13H23NO3/c1-14(11-2-4-12(15)5-3-11)13(16)10-6-8-17-9-7-10/h10-12,15H,2-9H2,1H3. The van der Waals surface area contributed by atoms with Gasteiger partial charge in [0.1, 0.15) is 0 Å². The van der Waals surface area contributed by atoms with Gasteiger partial charge in [-0.2, -0.15) is 0 Å². The van der Waals surface area contributed by atoms with Crippen LogP contribution >= 0.6 is 0 Å². The molecule has 2 aliphatic rings. The van der Waals surface area contributed by atoms with Gasteiger partial charge in [0.05, 0.1) is 6.10 Å². The minimum Gasteiger partial charge on any atom is -0.393 e. The van der Waals surface area contributed by atoms with Crippen molar-refractivity contribution in [3.63, 3.8) is 0 Å². The van der Waals surface area contributed by atoms with E-state index in [4.69, 9.17) is 4.74 Å². The van der Waals surface area contributed by atoms with Crippen molar-refractivity contribution in [1.29, 1.82) is 0 Å². The van der Waals surface area contributed by atoms with Crippen LogP contribution in [0.1, 0.15) is 38.5 Å². The Balaban J connectivity index is 1.85. The number of carbonyl (C=O) groups excluding carboxylic acids is 1. The third-order valence-electron chi connectivity index (χ3n) is 4.13. The van der Waals surface area contributed by atoms with E-state index in [1.54, 1.807) is 0 Å². The number of ether oxygens (including phenoxy) is 1. The molecule has 4 nitrogen and oxygen atoms in total. The van der Waals surface area contributed by atoms with Crippen LogP contribution in [0.3, 0.4) is 0 Å². The second kappa shape index (κ2) is 5.83. The molecule has 0 spiro atoms. The lowest BCUT2D eigenvalue weighted by molar-refractivity contribution is -0.140. The van der Waals surface area contributed by atoms with Crippen molar-refractivity contribution in [3.8, 4) is 0 Å². The van der Waals surface area contributed by atoms with Crippen molar-refractivity contribution in [2.24, 2.45) is 5.92 Å². The molecule has 0 aromatic heterocycles. The Morgan fingerprint density at radius 2 is 1.71 bits per heavy atom. The Labute approximate surface area is 103 Å². The van der Waals surface area contributed by atoms with Crippen molar-refractivity contribution in [3.05, 3.63) is 0 Å². The fraction of sp³-hybridized carbons (Fsp3) is 0.923. The summed E-state index contributed by atoms with van der Waals surface area (Å²) in [5.41, 5.74) is 0. The highest BCUT2D eigenvalue weighted by molar-refractivity contribution is 5.79. The molecule has 1 saturated heterocycles. The van der Waals surface area contributed by atoms with E-state index in [-0.39, 0.29) is 17.9 Å². The van der Waals surface area contributed by atoms with Crippen LogP contribution < -0.4 is 0 Å². The van der Waals surface area contributed by atoms with E-state index in [0.29, 0.717) is 19.3 Å². The van der Waals surface area contributed by atoms with Gasteiger partial charge in [-0.3, -0.25) is 4.79 Å². The van der Waals surface area contributed by atoms with Gasteiger partial charge >= 0.3 is 0 Å².